The summed E-state index contributed by atoms with van der Waals surface area (Å²) in [7, 11) is 0. The number of anilines is 1. The second-order valence-corrected chi connectivity index (χ2v) is 5.64. The molecule has 1 aromatic carbocycles. The van der Waals surface area contributed by atoms with Gasteiger partial charge in [0.15, 0.2) is 5.96 Å². The summed E-state index contributed by atoms with van der Waals surface area (Å²) in [6, 6.07) is 8.36. The van der Waals surface area contributed by atoms with Crippen LogP contribution in [0.15, 0.2) is 35.5 Å². The zero-order valence-electron chi connectivity index (χ0n) is 13.0. The molecular formula is C17H23N5. The SMILES string of the molecule is CCn1ccc(CN=C(N)Nc2cccc3c2CCCC3)n1. The van der Waals surface area contributed by atoms with Crippen molar-refractivity contribution in [3.63, 3.8) is 0 Å². The van der Waals surface area contributed by atoms with Gasteiger partial charge in [0.2, 0.25) is 0 Å². The van der Waals surface area contributed by atoms with Crippen LogP contribution in [-0.4, -0.2) is 15.7 Å². The summed E-state index contributed by atoms with van der Waals surface area (Å²) < 4.78 is 1.89. The van der Waals surface area contributed by atoms with Crippen LogP contribution in [0.4, 0.5) is 5.69 Å². The Bertz CT molecular complexity index is 671. The van der Waals surface area contributed by atoms with Gasteiger partial charge in [-0.2, -0.15) is 5.10 Å². The quantitative estimate of drug-likeness (QED) is 0.673. The minimum atomic E-state index is 0.449. The average molecular weight is 297 g/mol. The van der Waals surface area contributed by atoms with E-state index in [1.807, 2.05) is 16.9 Å². The number of aryl methyl sites for hydroxylation is 2. The molecule has 0 bridgehead atoms. The van der Waals surface area contributed by atoms with Gasteiger partial charge < -0.3 is 11.1 Å². The molecule has 0 saturated heterocycles. The van der Waals surface area contributed by atoms with Crippen molar-refractivity contribution in [1.29, 1.82) is 0 Å². The number of aliphatic imine (C=N–C) groups is 1. The third kappa shape index (κ3) is 3.30. The van der Waals surface area contributed by atoms with Crippen molar-refractivity contribution in [1.82, 2.24) is 9.78 Å². The molecule has 3 rings (SSSR count). The Balaban J connectivity index is 1.68. The molecule has 5 heteroatoms. The van der Waals surface area contributed by atoms with Crippen LogP contribution in [0.25, 0.3) is 0 Å². The standard InChI is InChI=1S/C17H23N5/c1-2-22-11-10-14(21-22)12-19-17(18)20-16-9-5-7-13-6-3-4-8-15(13)16/h5,7,9-11H,2-4,6,8,12H2,1H3,(H3,18,19,20). The molecule has 22 heavy (non-hydrogen) atoms. The largest absolute Gasteiger partial charge is 0.370 e. The van der Waals surface area contributed by atoms with Crippen LogP contribution in [0.5, 0.6) is 0 Å². The minimum absolute atomic E-state index is 0.449. The molecule has 0 saturated carbocycles. The Morgan fingerprint density at radius 1 is 1.32 bits per heavy atom. The summed E-state index contributed by atoms with van der Waals surface area (Å²) in [5.41, 5.74) is 10.9. The van der Waals surface area contributed by atoms with Crippen molar-refractivity contribution in [3.05, 3.63) is 47.3 Å². The Morgan fingerprint density at radius 3 is 3.00 bits per heavy atom. The van der Waals surface area contributed by atoms with Gasteiger partial charge in [-0.1, -0.05) is 12.1 Å². The third-order valence-electron chi connectivity index (χ3n) is 4.09. The monoisotopic (exact) mass is 297 g/mol. The highest BCUT2D eigenvalue weighted by Gasteiger charge is 2.13. The first-order chi connectivity index (χ1) is 10.8. The van der Waals surface area contributed by atoms with Crippen LogP contribution >= 0.6 is 0 Å². The second kappa shape index (κ2) is 6.64. The minimum Gasteiger partial charge on any atom is -0.370 e. The summed E-state index contributed by atoms with van der Waals surface area (Å²) in [6.45, 7) is 3.43. The smallest absolute Gasteiger partial charge is 0.193 e. The molecule has 116 valence electrons. The van der Waals surface area contributed by atoms with Gasteiger partial charge in [-0.05, 0) is 55.9 Å². The van der Waals surface area contributed by atoms with Gasteiger partial charge in [0, 0.05) is 18.4 Å². The molecule has 0 atom stereocenters. The van der Waals surface area contributed by atoms with Crippen molar-refractivity contribution >= 4 is 11.6 Å². The lowest BCUT2D eigenvalue weighted by Crippen LogP contribution is -2.24. The molecule has 1 heterocycles. The fraction of sp³-hybridized carbons (Fsp3) is 0.412. The first-order valence-electron chi connectivity index (χ1n) is 7.96. The Hall–Kier alpha value is -2.30. The molecule has 5 nitrogen and oxygen atoms in total. The fourth-order valence-corrected chi connectivity index (χ4v) is 2.91. The van der Waals surface area contributed by atoms with Crippen molar-refractivity contribution in [3.8, 4) is 0 Å². The van der Waals surface area contributed by atoms with Crippen LogP contribution in [0.2, 0.25) is 0 Å². The number of guanidine groups is 1. The van der Waals surface area contributed by atoms with E-state index >= 15 is 0 Å². The van der Waals surface area contributed by atoms with Crippen molar-refractivity contribution in [2.24, 2.45) is 10.7 Å². The average Bonchev–Trinajstić information content (AvgIpc) is 3.01. The van der Waals surface area contributed by atoms with Gasteiger partial charge in [0.1, 0.15) is 0 Å². The zero-order valence-corrected chi connectivity index (χ0v) is 13.0. The maximum Gasteiger partial charge on any atom is 0.193 e. The van der Waals surface area contributed by atoms with Crippen LogP contribution in [-0.2, 0) is 25.9 Å². The molecular weight excluding hydrogens is 274 g/mol. The van der Waals surface area contributed by atoms with Crippen LogP contribution in [0.1, 0.15) is 36.6 Å². The summed E-state index contributed by atoms with van der Waals surface area (Å²) in [5, 5.41) is 7.66. The Labute approximate surface area is 131 Å². The van der Waals surface area contributed by atoms with Crippen LogP contribution in [0.3, 0.4) is 0 Å². The van der Waals surface area contributed by atoms with E-state index in [1.165, 1.54) is 24.0 Å². The van der Waals surface area contributed by atoms with E-state index < -0.39 is 0 Å². The summed E-state index contributed by atoms with van der Waals surface area (Å²) in [5.74, 6) is 0.449. The number of nitrogens with zero attached hydrogens (tertiary/aromatic N) is 3. The Morgan fingerprint density at radius 2 is 2.18 bits per heavy atom. The van der Waals surface area contributed by atoms with E-state index in [1.54, 1.807) is 0 Å². The molecule has 1 aliphatic rings. The number of fused-ring (bicyclic) bond motifs is 1. The Kier molecular flexibility index (Phi) is 4.42. The lowest BCUT2D eigenvalue weighted by atomic mass is 9.90. The van der Waals surface area contributed by atoms with E-state index in [0.29, 0.717) is 12.5 Å². The third-order valence-corrected chi connectivity index (χ3v) is 4.09. The maximum absolute atomic E-state index is 6.03. The number of hydrogen-bond donors (Lipinski definition) is 2. The number of benzene rings is 1. The number of nitrogens with one attached hydrogen (secondary N) is 1. The van der Waals surface area contributed by atoms with Gasteiger partial charge in [-0.25, -0.2) is 4.99 Å². The predicted octanol–water partition coefficient (Wildman–Crippen LogP) is 2.71. The lowest BCUT2D eigenvalue weighted by molar-refractivity contribution is 0.647. The summed E-state index contributed by atoms with van der Waals surface area (Å²) in [6.07, 6.45) is 6.77. The second-order valence-electron chi connectivity index (χ2n) is 5.64. The first-order valence-corrected chi connectivity index (χ1v) is 7.96. The normalized spacial score (nSPS) is 14.7. The van der Waals surface area contributed by atoms with Crippen LogP contribution < -0.4 is 11.1 Å². The van der Waals surface area contributed by atoms with E-state index in [4.69, 9.17) is 5.73 Å². The van der Waals surface area contributed by atoms with Gasteiger partial charge >= 0.3 is 0 Å². The molecule has 0 aliphatic heterocycles. The molecule has 0 spiro atoms. The summed E-state index contributed by atoms with van der Waals surface area (Å²) >= 11 is 0. The molecule has 0 radical (unpaired) electrons. The van der Waals surface area contributed by atoms with Gasteiger partial charge in [0.05, 0.1) is 12.2 Å². The van der Waals surface area contributed by atoms with E-state index in [0.717, 1.165) is 30.8 Å². The van der Waals surface area contributed by atoms with Gasteiger partial charge in [-0.15, -0.1) is 0 Å². The van der Waals surface area contributed by atoms with E-state index in [9.17, 15) is 0 Å². The number of nitrogens with two attached hydrogens (primary N) is 1. The molecule has 0 amide bonds. The number of aromatic nitrogens is 2. The number of hydrogen-bond acceptors (Lipinski definition) is 2. The topological polar surface area (TPSA) is 68.2 Å². The fourth-order valence-electron chi connectivity index (χ4n) is 2.91. The van der Waals surface area contributed by atoms with Crippen LogP contribution in [0, 0.1) is 0 Å². The predicted molar refractivity (Wildman–Crippen MR) is 89.9 cm³/mol. The van der Waals surface area contributed by atoms with Crippen molar-refractivity contribution in [2.75, 3.05) is 5.32 Å². The highest BCUT2D eigenvalue weighted by molar-refractivity contribution is 5.93. The summed E-state index contributed by atoms with van der Waals surface area (Å²) in [4.78, 5) is 4.39. The molecule has 2 aromatic rings. The first kappa shape index (κ1) is 14.6. The maximum atomic E-state index is 6.03. The van der Waals surface area contributed by atoms with Gasteiger partial charge in [-0.3, -0.25) is 4.68 Å². The molecule has 3 N–H and O–H groups in total. The molecule has 1 aliphatic carbocycles. The highest BCUT2D eigenvalue weighted by Crippen LogP contribution is 2.27. The molecule has 1 aromatic heterocycles. The molecule has 0 unspecified atom stereocenters. The lowest BCUT2D eigenvalue weighted by Gasteiger charge is -2.19. The zero-order chi connectivity index (χ0) is 15.4. The van der Waals surface area contributed by atoms with E-state index in [-0.39, 0.29) is 0 Å². The van der Waals surface area contributed by atoms with E-state index in [2.05, 4.69) is 40.5 Å². The molecule has 0 fully saturated rings. The number of rotatable bonds is 4. The van der Waals surface area contributed by atoms with Crippen molar-refractivity contribution < 1.29 is 0 Å². The van der Waals surface area contributed by atoms with Crippen molar-refractivity contribution in [2.45, 2.75) is 45.7 Å². The van der Waals surface area contributed by atoms with Gasteiger partial charge in [0.25, 0.3) is 0 Å². The highest BCUT2D eigenvalue weighted by atomic mass is 15.3.